The Morgan fingerprint density at radius 2 is 2.00 bits per heavy atom. The molecule has 1 amide bonds. The average Bonchev–Trinajstić information content (AvgIpc) is 2.95. The maximum atomic E-state index is 12.4. The molecule has 0 saturated heterocycles. The van der Waals surface area contributed by atoms with Crippen LogP contribution in [-0.4, -0.2) is 25.9 Å². The lowest BCUT2D eigenvalue weighted by atomic mass is 9.98. The highest BCUT2D eigenvalue weighted by molar-refractivity contribution is 5.95. The summed E-state index contributed by atoms with van der Waals surface area (Å²) in [6.07, 6.45) is 0. The number of carbonyl (C=O) groups excluding carboxylic acids is 1. The Labute approximate surface area is 124 Å². The van der Waals surface area contributed by atoms with Gasteiger partial charge < -0.3 is 5.32 Å². The lowest BCUT2D eigenvalue weighted by molar-refractivity contribution is -0.117. The van der Waals surface area contributed by atoms with Crippen molar-refractivity contribution in [2.24, 2.45) is 7.05 Å². The molecule has 0 spiro atoms. The fourth-order valence-corrected chi connectivity index (χ4v) is 2.48. The Morgan fingerprint density at radius 3 is 2.48 bits per heavy atom. The van der Waals surface area contributed by atoms with Gasteiger partial charge in [0, 0.05) is 30.1 Å². The van der Waals surface area contributed by atoms with E-state index in [0.29, 0.717) is 11.7 Å². The van der Waals surface area contributed by atoms with E-state index in [-0.39, 0.29) is 11.8 Å². The number of carbonyl (C=O) groups is 1. The summed E-state index contributed by atoms with van der Waals surface area (Å²) in [5.41, 5.74) is 3.89. The lowest BCUT2D eigenvalue weighted by Crippen LogP contribution is -2.20. The molecule has 1 atom stereocenters. The molecule has 0 unspecified atom stereocenters. The average molecular weight is 289 g/mol. The molecule has 6 heteroatoms. The molecule has 0 bridgehead atoms. The standard InChI is InChI=1S/C15H23N5O/c1-8(2)12-7-13(18-17-12)16-15(21)9(3)14-10(4)19-20(6)11(14)5/h7-9H,1-6H3,(H2,16,17,18,21)/t9-/m0/s1. The van der Waals surface area contributed by atoms with Gasteiger partial charge in [0.05, 0.1) is 11.6 Å². The number of H-pyrrole nitrogens is 1. The first-order valence-electron chi connectivity index (χ1n) is 7.17. The fraction of sp³-hybridized carbons (Fsp3) is 0.533. The Bertz CT molecular complexity index is 653. The molecule has 6 nitrogen and oxygen atoms in total. The van der Waals surface area contributed by atoms with Crippen LogP contribution in [0.3, 0.4) is 0 Å². The third-order valence-corrected chi connectivity index (χ3v) is 3.86. The van der Waals surface area contributed by atoms with Gasteiger partial charge in [-0.05, 0) is 26.7 Å². The molecule has 0 saturated carbocycles. The van der Waals surface area contributed by atoms with E-state index in [2.05, 4.69) is 34.5 Å². The highest BCUT2D eigenvalue weighted by Gasteiger charge is 2.23. The second-order valence-corrected chi connectivity index (χ2v) is 5.78. The number of aryl methyl sites for hydroxylation is 2. The van der Waals surface area contributed by atoms with Gasteiger partial charge in [-0.25, -0.2) is 0 Å². The summed E-state index contributed by atoms with van der Waals surface area (Å²) in [6, 6.07) is 1.87. The summed E-state index contributed by atoms with van der Waals surface area (Å²) in [4.78, 5) is 12.4. The van der Waals surface area contributed by atoms with Gasteiger partial charge in [0.1, 0.15) is 0 Å². The molecule has 2 rings (SSSR count). The zero-order valence-corrected chi connectivity index (χ0v) is 13.5. The van der Waals surface area contributed by atoms with Crippen molar-refractivity contribution < 1.29 is 4.79 Å². The predicted molar refractivity (Wildman–Crippen MR) is 82.4 cm³/mol. The first-order chi connectivity index (χ1) is 9.81. The van der Waals surface area contributed by atoms with Crippen molar-refractivity contribution in [3.63, 3.8) is 0 Å². The number of hydrogen-bond donors (Lipinski definition) is 2. The summed E-state index contributed by atoms with van der Waals surface area (Å²) in [7, 11) is 1.89. The monoisotopic (exact) mass is 289 g/mol. The number of hydrogen-bond acceptors (Lipinski definition) is 3. The van der Waals surface area contributed by atoms with Crippen molar-refractivity contribution in [1.82, 2.24) is 20.0 Å². The number of aromatic amines is 1. The van der Waals surface area contributed by atoms with Crippen LogP contribution >= 0.6 is 0 Å². The van der Waals surface area contributed by atoms with E-state index in [9.17, 15) is 4.79 Å². The third-order valence-electron chi connectivity index (χ3n) is 3.86. The van der Waals surface area contributed by atoms with E-state index < -0.39 is 0 Å². The number of rotatable bonds is 4. The molecule has 0 aliphatic rings. The highest BCUT2D eigenvalue weighted by atomic mass is 16.1. The molecule has 0 aliphatic heterocycles. The van der Waals surface area contributed by atoms with E-state index in [1.807, 2.05) is 33.9 Å². The van der Waals surface area contributed by atoms with E-state index in [1.54, 1.807) is 4.68 Å². The summed E-state index contributed by atoms with van der Waals surface area (Å²) < 4.78 is 1.81. The van der Waals surface area contributed by atoms with Gasteiger partial charge in [-0.3, -0.25) is 14.6 Å². The van der Waals surface area contributed by atoms with Crippen LogP contribution < -0.4 is 5.32 Å². The van der Waals surface area contributed by atoms with Gasteiger partial charge in [0.15, 0.2) is 5.82 Å². The Morgan fingerprint density at radius 1 is 1.33 bits per heavy atom. The molecular formula is C15H23N5O. The van der Waals surface area contributed by atoms with Crippen LogP contribution in [0.5, 0.6) is 0 Å². The topological polar surface area (TPSA) is 75.6 Å². The maximum Gasteiger partial charge on any atom is 0.232 e. The van der Waals surface area contributed by atoms with Crippen LogP contribution in [0, 0.1) is 13.8 Å². The van der Waals surface area contributed by atoms with Crippen molar-refractivity contribution >= 4 is 11.7 Å². The van der Waals surface area contributed by atoms with Crippen LogP contribution in [-0.2, 0) is 11.8 Å². The molecule has 0 aliphatic carbocycles. The fourth-order valence-electron chi connectivity index (χ4n) is 2.48. The lowest BCUT2D eigenvalue weighted by Gasteiger charge is -2.11. The summed E-state index contributed by atoms with van der Waals surface area (Å²) >= 11 is 0. The van der Waals surface area contributed by atoms with Crippen LogP contribution in [0.25, 0.3) is 0 Å². The Balaban J connectivity index is 2.15. The highest BCUT2D eigenvalue weighted by Crippen LogP contribution is 2.24. The van der Waals surface area contributed by atoms with Crippen LogP contribution in [0.4, 0.5) is 5.82 Å². The minimum atomic E-state index is -0.266. The Hall–Kier alpha value is -2.11. The molecule has 2 N–H and O–H groups in total. The smallest absolute Gasteiger partial charge is 0.232 e. The third kappa shape index (κ3) is 2.99. The van der Waals surface area contributed by atoms with E-state index in [4.69, 9.17) is 0 Å². The molecule has 2 heterocycles. The predicted octanol–water partition coefficient (Wildman–Crippen LogP) is 2.63. The van der Waals surface area contributed by atoms with Crippen molar-refractivity contribution in [2.45, 2.75) is 46.5 Å². The zero-order valence-electron chi connectivity index (χ0n) is 13.5. The van der Waals surface area contributed by atoms with Crippen LogP contribution in [0.15, 0.2) is 6.07 Å². The number of nitrogens with zero attached hydrogens (tertiary/aromatic N) is 3. The molecular weight excluding hydrogens is 266 g/mol. The number of nitrogens with one attached hydrogen (secondary N) is 2. The van der Waals surface area contributed by atoms with Crippen LogP contribution in [0.2, 0.25) is 0 Å². The molecule has 21 heavy (non-hydrogen) atoms. The van der Waals surface area contributed by atoms with Crippen molar-refractivity contribution in [1.29, 1.82) is 0 Å². The van der Waals surface area contributed by atoms with Gasteiger partial charge in [-0.2, -0.15) is 10.2 Å². The van der Waals surface area contributed by atoms with E-state index >= 15 is 0 Å². The zero-order chi connectivity index (χ0) is 15.7. The first kappa shape index (κ1) is 15.3. The largest absolute Gasteiger partial charge is 0.309 e. The summed E-state index contributed by atoms with van der Waals surface area (Å²) in [6.45, 7) is 9.94. The van der Waals surface area contributed by atoms with Gasteiger partial charge in [0.25, 0.3) is 0 Å². The van der Waals surface area contributed by atoms with Crippen LogP contribution in [0.1, 0.15) is 55.3 Å². The first-order valence-corrected chi connectivity index (χ1v) is 7.17. The van der Waals surface area contributed by atoms with Crippen molar-refractivity contribution in [3.05, 3.63) is 28.7 Å². The van der Waals surface area contributed by atoms with Crippen molar-refractivity contribution in [3.8, 4) is 0 Å². The van der Waals surface area contributed by atoms with Crippen molar-refractivity contribution in [2.75, 3.05) is 5.32 Å². The molecule has 2 aromatic heterocycles. The summed E-state index contributed by atoms with van der Waals surface area (Å²) in [5, 5.41) is 14.3. The van der Waals surface area contributed by atoms with E-state index in [1.165, 1.54) is 0 Å². The minimum absolute atomic E-state index is 0.0731. The quantitative estimate of drug-likeness (QED) is 0.908. The molecule has 114 valence electrons. The SMILES string of the molecule is Cc1nn(C)c(C)c1[C@H](C)C(=O)Nc1cc(C(C)C)[nH]n1. The molecule has 0 fully saturated rings. The molecule has 0 aromatic carbocycles. The second kappa shape index (κ2) is 5.71. The Kier molecular flexibility index (Phi) is 4.16. The summed E-state index contributed by atoms with van der Waals surface area (Å²) in [5.74, 6) is 0.576. The molecule has 0 radical (unpaired) electrons. The van der Waals surface area contributed by atoms with Gasteiger partial charge in [-0.1, -0.05) is 13.8 Å². The van der Waals surface area contributed by atoms with Gasteiger partial charge >= 0.3 is 0 Å². The second-order valence-electron chi connectivity index (χ2n) is 5.78. The normalized spacial score (nSPS) is 12.7. The number of amides is 1. The maximum absolute atomic E-state index is 12.4. The number of anilines is 1. The molecule has 2 aromatic rings. The van der Waals surface area contributed by atoms with Gasteiger partial charge in [-0.15, -0.1) is 0 Å². The minimum Gasteiger partial charge on any atom is -0.309 e. The number of aromatic nitrogens is 4. The van der Waals surface area contributed by atoms with Gasteiger partial charge in [0.2, 0.25) is 5.91 Å². The van der Waals surface area contributed by atoms with E-state index in [0.717, 1.165) is 22.6 Å².